The van der Waals surface area contributed by atoms with Crippen LogP contribution in [0.1, 0.15) is 13.8 Å². The highest BCUT2D eigenvalue weighted by molar-refractivity contribution is 4.68. The fourth-order valence-electron chi connectivity index (χ4n) is 0. The molecule has 0 atom stereocenters. The molecule has 2 nitrogen and oxygen atoms in total. The Morgan fingerprint density at radius 1 is 0.833 bits per heavy atom. The van der Waals surface area contributed by atoms with E-state index in [-0.39, 0.29) is 11.0 Å². The van der Waals surface area contributed by atoms with Gasteiger partial charge in [-0.3, -0.25) is 0 Å². The zero-order chi connectivity index (χ0) is 3.41. The lowest BCUT2D eigenvalue weighted by Crippen LogP contribution is -1.26. The van der Waals surface area contributed by atoms with Crippen molar-refractivity contribution < 1.29 is 11.0 Å². The molecule has 0 saturated carbocycles. The second-order valence-corrected chi connectivity index (χ2v) is 0.667. The van der Waals surface area contributed by atoms with Gasteiger partial charge < -0.3 is 11.0 Å². The van der Waals surface area contributed by atoms with Crippen LogP contribution in [0.15, 0.2) is 12.2 Å². The van der Waals surface area contributed by atoms with Crippen LogP contribution in [0, 0.1) is 0 Å². The lowest BCUT2D eigenvalue weighted by atomic mass is 10.6. The van der Waals surface area contributed by atoms with E-state index in [2.05, 4.69) is 0 Å². The largest absolute Gasteiger partial charge is 0.412 e. The summed E-state index contributed by atoms with van der Waals surface area (Å²) in [6, 6.07) is 0. The maximum atomic E-state index is 2.00. The molecule has 0 unspecified atom stereocenters. The second kappa shape index (κ2) is 22.7. The number of hydrogen-bond donors (Lipinski definition) is 0. The minimum Gasteiger partial charge on any atom is -0.412 e. The molecule has 0 aromatic carbocycles. The Balaban J connectivity index is -0.0000000450. The van der Waals surface area contributed by atoms with Crippen LogP contribution in [0.3, 0.4) is 0 Å². The lowest BCUT2D eigenvalue weighted by molar-refractivity contribution is 0.823. The van der Waals surface area contributed by atoms with Crippen molar-refractivity contribution in [3.05, 3.63) is 12.2 Å². The topological polar surface area (TPSA) is 63.0 Å². The first-order valence-corrected chi connectivity index (χ1v) is 1.49. The average Bonchev–Trinajstić information content (AvgIpc) is 1.37. The van der Waals surface area contributed by atoms with Gasteiger partial charge in [0.25, 0.3) is 0 Å². The molecule has 0 saturated heterocycles. The van der Waals surface area contributed by atoms with Gasteiger partial charge in [0.05, 0.1) is 0 Å². The van der Waals surface area contributed by atoms with Gasteiger partial charge in [-0.15, -0.1) is 0 Å². The van der Waals surface area contributed by atoms with Crippen LogP contribution in [-0.2, 0) is 0 Å². The van der Waals surface area contributed by atoms with E-state index in [9.17, 15) is 0 Å². The van der Waals surface area contributed by atoms with Crippen molar-refractivity contribution in [1.29, 1.82) is 0 Å². The zero-order valence-electron chi connectivity index (χ0n) is 4.15. The van der Waals surface area contributed by atoms with Crippen LogP contribution < -0.4 is 0 Å². The molecule has 0 radical (unpaired) electrons. The minimum absolute atomic E-state index is 0. The van der Waals surface area contributed by atoms with Gasteiger partial charge in [-0.05, 0) is 13.8 Å². The molecule has 0 aromatic heterocycles. The second-order valence-electron chi connectivity index (χ2n) is 0.667. The maximum absolute atomic E-state index is 2.00. The van der Waals surface area contributed by atoms with E-state index in [0.29, 0.717) is 0 Å². The third-order valence-electron chi connectivity index (χ3n) is 0.333. The predicted molar refractivity (Wildman–Crippen MR) is 27.7 cm³/mol. The van der Waals surface area contributed by atoms with Crippen LogP contribution in [0.2, 0.25) is 0 Å². The summed E-state index contributed by atoms with van der Waals surface area (Å²) in [4.78, 5) is 0. The molecule has 40 valence electrons. The Morgan fingerprint density at radius 3 is 1.00 bits per heavy atom. The summed E-state index contributed by atoms with van der Waals surface area (Å²) in [5.74, 6) is 0. The van der Waals surface area contributed by atoms with Gasteiger partial charge >= 0.3 is 0 Å². The molecule has 0 aliphatic carbocycles. The first-order chi connectivity index (χ1) is 1.91. The summed E-state index contributed by atoms with van der Waals surface area (Å²) in [6.45, 7) is 4.00. The van der Waals surface area contributed by atoms with E-state index < -0.39 is 0 Å². The standard InChI is InChI=1S/C4H8.2H2O/c1-3-4-2;;/h3-4H,1-2H3;2*1H2. The molecule has 0 rings (SSSR count). The summed E-state index contributed by atoms with van der Waals surface area (Å²) >= 11 is 0. The quantitative estimate of drug-likeness (QED) is 0.375. The third kappa shape index (κ3) is 59.5. The van der Waals surface area contributed by atoms with E-state index in [0.717, 1.165) is 0 Å². The molecule has 0 aliphatic heterocycles. The fraction of sp³-hybridized carbons (Fsp3) is 0.500. The van der Waals surface area contributed by atoms with E-state index in [1.54, 1.807) is 0 Å². The lowest BCUT2D eigenvalue weighted by Gasteiger charge is -1.49. The molecule has 0 fully saturated rings. The van der Waals surface area contributed by atoms with Crippen LogP contribution in [0.25, 0.3) is 0 Å². The first kappa shape index (κ1) is 17.4. The SMILES string of the molecule is CC=CC.O.O. The highest BCUT2D eigenvalue weighted by atomic mass is 16.0. The number of hydrogen-bond acceptors (Lipinski definition) is 0. The monoisotopic (exact) mass is 92.1 g/mol. The summed E-state index contributed by atoms with van der Waals surface area (Å²) < 4.78 is 0. The van der Waals surface area contributed by atoms with E-state index in [1.165, 1.54) is 0 Å². The van der Waals surface area contributed by atoms with Crippen LogP contribution in [0.5, 0.6) is 0 Å². The molecule has 0 aromatic rings. The van der Waals surface area contributed by atoms with Crippen molar-refractivity contribution in [1.82, 2.24) is 0 Å². The van der Waals surface area contributed by atoms with E-state index in [4.69, 9.17) is 0 Å². The zero-order valence-corrected chi connectivity index (χ0v) is 4.15. The summed E-state index contributed by atoms with van der Waals surface area (Å²) in [5.41, 5.74) is 0. The van der Waals surface area contributed by atoms with Crippen LogP contribution in [0.4, 0.5) is 0 Å². The summed E-state index contributed by atoms with van der Waals surface area (Å²) in [5, 5.41) is 0. The highest BCUT2D eigenvalue weighted by Gasteiger charge is 1.34. The molecule has 4 N–H and O–H groups in total. The molecular weight excluding hydrogens is 80.0 g/mol. The Hall–Kier alpha value is -0.340. The minimum atomic E-state index is 0. The van der Waals surface area contributed by atoms with Gasteiger partial charge in [0, 0.05) is 0 Å². The van der Waals surface area contributed by atoms with Crippen LogP contribution in [-0.4, -0.2) is 11.0 Å². The Labute approximate surface area is 38.1 Å². The molecule has 0 amide bonds. The molecule has 2 heteroatoms. The van der Waals surface area contributed by atoms with Gasteiger partial charge in [0.1, 0.15) is 0 Å². The molecule has 0 aliphatic rings. The number of allylic oxidation sites excluding steroid dienone is 2. The summed E-state index contributed by atoms with van der Waals surface area (Å²) in [6.07, 6.45) is 4.00. The summed E-state index contributed by atoms with van der Waals surface area (Å²) in [7, 11) is 0. The Bertz CT molecular complexity index is 20.7. The number of rotatable bonds is 0. The normalized spacial score (nSPS) is 6.33. The van der Waals surface area contributed by atoms with Crippen molar-refractivity contribution in [2.45, 2.75) is 13.8 Å². The highest BCUT2D eigenvalue weighted by Crippen LogP contribution is 1.57. The first-order valence-electron chi connectivity index (χ1n) is 1.49. The Morgan fingerprint density at radius 2 is 1.00 bits per heavy atom. The average molecular weight is 92.1 g/mol. The van der Waals surface area contributed by atoms with Gasteiger partial charge in [-0.25, -0.2) is 0 Å². The predicted octanol–water partition coefficient (Wildman–Crippen LogP) is -0.0670. The van der Waals surface area contributed by atoms with Gasteiger partial charge in [-0.1, -0.05) is 12.2 Å². The maximum Gasteiger partial charge on any atom is -0.0470 e. The van der Waals surface area contributed by atoms with Crippen molar-refractivity contribution >= 4 is 0 Å². The Kier molecular flexibility index (Phi) is 65.6. The smallest absolute Gasteiger partial charge is 0.0470 e. The van der Waals surface area contributed by atoms with Crippen molar-refractivity contribution in [3.63, 3.8) is 0 Å². The van der Waals surface area contributed by atoms with Gasteiger partial charge in [0.15, 0.2) is 0 Å². The third-order valence-corrected chi connectivity index (χ3v) is 0.333. The van der Waals surface area contributed by atoms with Crippen molar-refractivity contribution in [2.24, 2.45) is 0 Å². The van der Waals surface area contributed by atoms with Crippen molar-refractivity contribution in [3.8, 4) is 0 Å². The fourth-order valence-corrected chi connectivity index (χ4v) is 0. The van der Waals surface area contributed by atoms with Gasteiger partial charge in [0.2, 0.25) is 0 Å². The van der Waals surface area contributed by atoms with Crippen molar-refractivity contribution in [2.75, 3.05) is 0 Å². The van der Waals surface area contributed by atoms with E-state index in [1.807, 2.05) is 26.0 Å². The molecule has 0 heterocycles. The molecular formula is C4H12O2. The molecule has 0 spiro atoms. The van der Waals surface area contributed by atoms with E-state index >= 15 is 0 Å². The van der Waals surface area contributed by atoms with Gasteiger partial charge in [-0.2, -0.15) is 0 Å². The van der Waals surface area contributed by atoms with Crippen LogP contribution >= 0.6 is 0 Å². The molecule has 6 heavy (non-hydrogen) atoms. The molecule has 0 bridgehead atoms.